The number of carbonyl (C=O) groups excluding carboxylic acids is 2. The van der Waals surface area contributed by atoms with Gasteiger partial charge in [0, 0.05) is 37.2 Å². The molecule has 0 saturated carbocycles. The van der Waals surface area contributed by atoms with Crippen molar-refractivity contribution in [3.8, 4) is 11.5 Å². The topological polar surface area (TPSA) is 68.3 Å². The molecule has 0 atom stereocenters. The molecule has 0 aliphatic carbocycles. The Morgan fingerprint density at radius 3 is 2.32 bits per heavy atom. The number of nitrogens with zero attached hydrogens (tertiary/aromatic N) is 2. The van der Waals surface area contributed by atoms with E-state index in [1.165, 1.54) is 29.2 Å². The molecule has 0 N–H and O–H groups in total. The van der Waals surface area contributed by atoms with E-state index in [0.717, 1.165) is 10.4 Å². The first-order chi connectivity index (χ1) is 17.9. The van der Waals surface area contributed by atoms with Crippen LogP contribution in [0.5, 0.6) is 11.5 Å². The van der Waals surface area contributed by atoms with Crippen molar-refractivity contribution < 1.29 is 28.2 Å². The van der Waals surface area contributed by atoms with Crippen LogP contribution in [0.4, 0.5) is 4.39 Å². The molecule has 2 aromatic carbocycles. The summed E-state index contributed by atoms with van der Waals surface area (Å²) in [6.45, 7) is 1.62. The summed E-state index contributed by atoms with van der Waals surface area (Å²) in [5, 5.41) is 1.97. The van der Waals surface area contributed by atoms with Gasteiger partial charge in [0.2, 0.25) is 5.91 Å². The molecule has 1 heterocycles. The van der Waals surface area contributed by atoms with E-state index in [1.807, 2.05) is 35.7 Å². The minimum absolute atomic E-state index is 0.0861. The van der Waals surface area contributed by atoms with Crippen molar-refractivity contribution in [3.63, 3.8) is 0 Å². The van der Waals surface area contributed by atoms with Crippen LogP contribution >= 0.6 is 11.3 Å². The molecule has 0 aliphatic rings. The van der Waals surface area contributed by atoms with Gasteiger partial charge in [-0.1, -0.05) is 12.1 Å². The third-order valence-corrected chi connectivity index (χ3v) is 6.74. The van der Waals surface area contributed by atoms with E-state index in [9.17, 15) is 14.0 Å². The zero-order valence-corrected chi connectivity index (χ0v) is 22.3. The van der Waals surface area contributed by atoms with Crippen molar-refractivity contribution in [2.75, 3.05) is 47.6 Å². The fourth-order valence-corrected chi connectivity index (χ4v) is 4.59. The van der Waals surface area contributed by atoms with Crippen LogP contribution in [0.25, 0.3) is 0 Å². The van der Waals surface area contributed by atoms with Crippen LogP contribution in [0.15, 0.2) is 60.0 Å². The number of ether oxygens (including phenoxy) is 3. The second-order valence-corrected chi connectivity index (χ2v) is 9.45. The molecule has 0 spiro atoms. The maximum Gasteiger partial charge on any atom is 0.254 e. The number of methoxy groups -OCH3 is 3. The van der Waals surface area contributed by atoms with Crippen molar-refractivity contribution in [1.82, 2.24) is 9.80 Å². The van der Waals surface area contributed by atoms with Crippen molar-refractivity contribution in [2.24, 2.45) is 0 Å². The SMILES string of the molecule is COCCCN(CC(=O)N(CCc1ccc(OC)c(OC)c1)Cc1cccs1)C(=O)c1ccc(F)cc1. The standard InChI is InChI=1S/C28H33FN2O5S/c1-34-16-5-14-31(28(33)22-8-10-23(29)11-9-22)20-27(32)30(19-24-6-4-17-37-24)15-13-21-7-12-25(35-2)26(18-21)36-3/h4,6-12,17-18H,5,13-16,19-20H2,1-3H3. The Morgan fingerprint density at radius 2 is 1.68 bits per heavy atom. The summed E-state index contributed by atoms with van der Waals surface area (Å²) in [6, 6.07) is 15.0. The Balaban J connectivity index is 1.76. The fourth-order valence-electron chi connectivity index (χ4n) is 3.87. The minimum Gasteiger partial charge on any atom is -0.493 e. The maximum atomic E-state index is 13.5. The normalized spacial score (nSPS) is 10.7. The van der Waals surface area contributed by atoms with Gasteiger partial charge in [0.15, 0.2) is 11.5 Å². The highest BCUT2D eigenvalue weighted by Crippen LogP contribution is 2.28. The second-order valence-electron chi connectivity index (χ2n) is 8.41. The molecule has 3 rings (SSSR count). The lowest BCUT2D eigenvalue weighted by atomic mass is 10.1. The zero-order chi connectivity index (χ0) is 26.6. The van der Waals surface area contributed by atoms with Crippen molar-refractivity contribution in [2.45, 2.75) is 19.4 Å². The number of hydrogen-bond acceptors (Lipinski definition) is 6. The average Bonchev–Trinajstić information content (AvgIpc) is 3.43. The molecular weight excluding hydrogens is 495 g/mol. The van der Waals surface area contributed by atoms with Crippen LogP contribution in [0.1, 0.15) is 27.2 Å². The van der Waals surface area contributed by atoms with Gasteiger partial charge >= 0.3 is 0 Å². The lowest BCUT2D eigenvalue weighted by molar-refractivity contribution is -0.132. The van der Waals surface area contributed by atoms with E-state index in [4.69, 9.17) is 14.2 Å². The minimum atomic E-state index is -0.421. The smallest absolute Gasteiger partial charge is 0.254 e. The van der Waals surface area contributed by atoms with Crippen molar-refractivity contribution in [3.05, 3.63) is 81.8 Å². The average molecular weight is 529 g/mol. The largest absolute Gasteiger partial charge is 0.493 e. The van der Waals surface area contributed by atoms with E-state index in [-0.39, 0.29) is 18.4 Å². The molecular formula is C28H33FN2O5S. The highest BCUT2D eigenvalue weighted by molar-refractivity contribution is 7.09. The van der Waals surface area contributed by atoms with Gasteiger partial charge in [-0.3, -0.25) is 9.59 Å². The molecule has 198 valence electrons. The van der Waals surface area contributed by atoms with Gasteiger partial charge in [-0.05, 0) is 66.2 Å². The Hall–Kier alpha value is -3.43. The summed E-state index contributed by atoms with van der Waals surface area (Å²) in [6.07, 6.45) is 1.18. The summed E-state index contributed by atoms with van der Waals surface area (Å²) in [7, 11) is 4.77. The molecule has 0 aliphatic heterocycles. The Labute approximate surface area is 221 Å². The van der Waals surface area contributed by atoms with Gasteiger partial charge < -0.3 is 24.0 Å². The molecule has 1 aromatic heterocycles. The fraction of sp³-hybridized carbons (Fsp3) is 0.357. The first-order valence-corrected chi connectivity index (χ1v) is 12.9. The summed E-state index contributed by atoms with van der Waals surface area (Å²) in [5.74, 6) is 0.368. The van der Waals surface area contributed by atoms with E-state index < -0.39 is 5.82 Å². The van der Waals surface area contributed by atoms with Gasteiger partial charge in [-0.25, -0.2) is 4.39 Å². The van der Waals surface area contributed by atoms with Gasteiger partial charge in [-0.2, -0.15) is 0 Å². The maximum absolute atomic E-state index is 13.5. The third kappa shape index (κ3) is 8.30. The first kappa shape index (κ1) is 28.1. The van der Waals surface area contributed by atoms with Crippen LogP contribution < -0.4 is 9.47 Å². The number of thiophene rings is 1. The number of amides is 2. The Kier molecular flexibility index (Phi) is 10.9. The van der Waals surface area contributed by atoms with Crippen LogP contribution in [0.3, 0.4) is 0 Å². The lowest BCUT2D eigenvalue weighted by Crippen LogP contribution is -2.43. The molecule has 37 heavy (non-hydrogen) atoms. The van der Waals surface area contributed by atoms with Crippen molar-refractivity contribution in [1.29, 1.82) is 0 Å². The highest BCUT2D eigenvalue weighted by atomic mass is 32.1. The molecule has 2 amide bonds. The molecule has 0 bridgehead atoms. The third-order valence-electron chi connectivity index (χ3n) is 5.88. The van der Waals surface area contributed by atoms with E-state index >= 15 is 0 Å². The number of halogens is 1. The van der Waals surface area contributed by atoms with Crippen LogP contribution in [-0.2, 0) is 22.5 Å². The van der Waals surface area contributed by atoms with E-state index in [2.05, 4.69) is 0 Å². The van der Waals surface area contributed by atoms with Crippen molar-refractivity contribution >= 4 is 23.2 Å². The zero-order valence-electron chi connectivity index (χ0n) is 21.4. The number of hydrogen-bond donors (Lipinski definition) is 0. The number of carbonyl (C=O) groups is 2. The van der Waals surface area contributed by atoms with Crippen LogP contribution in [0, 0.1) is 5.82 Å². The quantitative estimate of drug-likeness (QED) is 0.285. The van der Waals surface area contributed by atoms with Gasteiger partial charge in [0.25, 0.3) is 5.91 Å². The van der Waals surface area contributed by atoms with Crippen LogP contribution in [0.2, 0.25) is 0 Å². The number of rotatable bonds is 14. The van der Waals surface area contributed by atoms with Gasteiger partial charge in [0.1, 0.15) is 12.4 Å². The summed E-state index contributed by atoms with van der Waals surface area (Å²) < 4.78 is 29.3. The molecule has 7 nitrogen and oxygen atoms in total. The molecule has 0 radical (unpaired) electrons. The Bertz CT molecular complexity index is 1140. The highest BCUT2D eigenvalue weighted by Gasteiger charge is 2.23. The van der Waals surface area contributed by atoms with Gasteiger partial charge in [0.05, 0.1) is 20.8 Å². The predicted octanol–water partition coefficient (Wildman–Crippen LogP) is 4.65. The second kappa shape index (κ2) is 14.3. The molecule has 3 aromatic rings. The monoisotopic (exact) mass is 528 g/mol. The number of benzene rings is 2. The molecule has 0 saturated heterocycles. The predicted molar refractivity (Wildman–Crippen MR) is 142 cm³/mol. The lowest BCUT2D eigenvalue weighted by Gasteiger charge is -2.28. The summed E-state index contributed by atoms with van der Waals surface area (Å²) in [4.78, 5) is 31.1. The molecule has 0 unspecified atom stereocenters. The molecule has 9 heteroatoms. The van der Waals surface area contributed by atoms with Crippen LogP contribution in [-0.4, -0.2) is 69.2 Å². The van der Waals surface area contributed by atoms with Gasteiger partial charge in [-0.15, -0.1) is 11.3 Å². The Morgan fingerprint density at radius 1 is 0.919 bits per heavy atom. The summed E-state index contributed by atoms with van der Waals surface area (Å²) in [5.41, 5.74) is 1.34. The first-order valence-electron chi connectivity index (χ1n) is 12.0. The van der Waals surface area contributed by atoms with E-state index in [0.29, 0.717) is 56.1 Å². The summed E-state index contributed by atoms with van der Waals surface area (Å²) >= 11 is 1.58. The van der Waals surface area contributed by atoms with E-state index in [1.54, 1.807) is 37.6 Å². The molecule has 0 fully saturated rings.